The van der Waals surface area contributed by atoms with Crippen molar-refractivity contribution in [3.05, 3.63) is 113 Å². The number of hydrogen-bond acceptors (Lipinski definition) is 5. The number of carbonyl (C=O) groups is 1. The molecule has 0 amide bonds. The Bertz CT molecular complexity index is 1590. The van der Waals surface area contributed by atoms with Crippen molar-refractivity contribution in [2.45, 2.75) is 50.7 Å². The maximum atomic E-state index is 13.1. The average Bonchev–Trinajstić information content (AvgIpc) is 3.27. The molecule has 3 aliphatic rings. The average molecular weight is 517 g/mol. The molecule has 1 spiro atoms. The number of rotatable bonds is 4. The Balaban J connectivity index is 1.30. The van der Waals surface area contributed by atoms with E-state index in [4.69, 9.17) is 9.47 Å². The molecule has 1 aliphatic carbocycles. The van der Waals surface area contributed by atoms with Crippen molar-refractivity contribution in [1.29, 1.82) is 0 Å². The fraction of sp³-hybridized carbons (Fsp3) is 0.265. The van der Waals surface area contributed by atoms with Crippen LogP contribution < -0.4 is 15.0 Å². The van der Waals surface area contributed by atoms with Crippen LogP contribution in [0.2, 0.25) is 0 Å². The number of esters is 1. The largest absolute Gasteiger partial charge is 0.456 e. The molecule has 1 N–H and O–H groups in total. The Kier molecular flexibility index (Phi) is 5.62. The molecule has 1 unspecified atom stereocenters. The third kappa shape index (κ3) is 3.79. The SMILES string of the molecule is Cc1ccc(N(C)C2CCCCC2)cc1Nc1ccc2c(c1)C1(OC(=O)c3ccccc31)c1ccccc1O2. The lowest BCUT2D eigenvalue weighted by atomic mass is 9.77. The standard InChI is InChI=1S/C34H32N2O3/c1-22-16-18-25(36(2)24-10-4-3-5-11-24)21-30(22)35-23-17-19-32-29(20-23)34(28-14-8-9-15-31(28)38-32)27-13-7-6-12-26(27)33(37)39-34/h6-9,12-21,24,35H,3-5,10-11H2,1-2H3. The molecule has 5 heteroatoms. The van der Waals surface area contributed by atoms with Gasteiger partial charge in [0.05, 0.1) is 5.56 Å². The van der Waals surface area contributed by atoms with Gasteiger partial charge in [0.1, 0.15) is 11.5 Å². The molecular formula is C34H32N2O3. The third-order valence-corrected chi connectivity index (χ3v) is 8.65. The lowest BCUT2D eigenvalue weighted by Crippen LogP contribution is -2.33. The van der Waals surface area contributed by atoms with Crippen molar-refractivity contribution in [3.8, 4) is 11.5 Å². The molecule has 4 aromatic carbocycles. The van der Waals surface area contributed by atoms with Gasteiger partial charge in [0.25, 0.3) is 0 Å². The summed E-state index contributed by atoms with van der Waals surface area (Å²) in [5.41, 5.74) is 6.39. The highest BCUT2D eigenvalue weighted by Gasteiger charge is 2.53. The topological polar surface area (TPSA) is 50.8 Å². The number of nitrogens with one attached hydrogen (secondary N) is 1. The van der Waals surface area contributed by atoms with Gasteiger partial charge >= 0.3 is 5.97 Å². The van der Waals surface area contributed by atoms with Gasteiger partial charge in [0, 0.05) is 46.8 Å². The summed E-state index contributed by atoms with van der Waals surface area (Å²) in [6.07, 6.45) is 6.46. The Labute approximate surface area is 229 Å². The van der Waals surface area contributed by atoms with Gasteiger partial charge in [0.15, 0.2) is 5.60 Å². The Morgan fingerprint density at radius 3 is 2.41 bits per heavy atom. The first-order valence-corrected chi connectivity index (χ1v) is 13.9. The zero-order chi connectivity index (χ0) is 26.6. The van der Waals surface area contributed by atoms with Crippen LogP contribution >= 0.6 is 0 Å². The highest BCUT2D eigenvalue weighted by atomic mass is 16.6. The summed E-state index contributed by atoms with van der Waals surface area (Å²) in [6.45, 7) is 2.13. The highest BCUT2D eigenvalue weighted by Crippen LogP contribution is 2.56. The molecule has 1 fully saturated rings. The number of nitrogens with zero attached hydrogens (tertiary/aromatic N) is 1. The summed E-state index contributed by atoms with van der Waals surface area (Å²) in [7, 11) is 2.22. The molecular weight excluding hydrogens is 484 g/mol. The van der Waals surface area contributed by atoms with E-state index in [0.29, 0.717) is 23.1 Å². The minimum absolute atomic E-state index is 0.319. The highest BCUT2D eigenvalue weighted by molar-refractivity contribution is 5.97. The quantitative estimate of drug-likeness (QED) is 0.278. The molecule has 196 valence electrons. The van der Waals surface area contributed by atoms with Gasteiger partial charge in [-0.3, -0.25) is 0 Å². The maximum Gasteiger partial charge on any atom is 0.340 e. The summed E-state index contributed by atoms with van der Waals surface area (Å²) in [4.78, 5) is 15.6. The number of fused-ring (bicyclic) bond motifs is 6. The zero-order valence-electron chi connectivity index (χ0n) is 22.4. The number of hydrogen-bond donors (Lipinski definition) is 1. The molecule has 2 aliphatic heterocycles. The Morgan fingerprint density at radius 1 is 0.821 bits per heavy atom. The molecule has 5 nitrogen and oxygen atoms in total. The fourth-order valence-corrected chi connectivity index (χ4v) is 6.50. The second-order valence-corrected chi connectivity index (χ2v) is 11.0. The van der Waals surface area contributed by atoms with Gasteiger partial charge in [-0.05, 0) is 67.8 Å². The van der Waals surface area contributed by atoms with Crippen LogP contribution in [0.25, 0.3) is 0 Å². The molecule has 1 saturated carbocycles. The van der Waals surface area contributed by atoms with Crippen LogP contribution in [0.15, 0.2) is 84.9 Å². The van der Waals surface area contributed by atoms with Crippen LogP contribution in [0.3, 0.4) is 0 Å². The number of para-hydroxylation sites is 1. The normalized spacial score (nSPS) is 19.5. The Morgan fingerprint density at radius 2 is 1.56 bits per heavy atom. The van der Waals surface area contributed by atoms with Crippen LogP contribution in [-0.2, 0) is 10.3 Å². The van der Waals surface area contributed by atoms with Crippen molar-refractivity contribution in [1.82, 2.24) is 0 Å². The molecule has 0 radical (unpaired) electrons. The fourth-order valence-electron chi connectivity index (χ4n) is 6.50. The molecule has 4 aromatic rings. The van der Waals surface area contributed by atoms with Gasteiger partial charge in [-0.25, -0.2) is 4.79 Å². The van der Waals surface area contributed by atoms with Gasteiger partial charge in [0.2, 0.25) is 0 Å². The zero-order valence-corrected chi connectivity index (χ0v) is 22.4. The van der Waals surface area contributed by atoms with Crippen molar-refractivity contribution in [3.63, 3.8) is 0 Å². The first kappa shape index (κ1) is 23.8. The van der Waals surface area contributed by atoms with Gasteiger partial charge < -0.3 is 19.7 Å². The van der Waals surface area contributed by atoms with Crippen molar-refractivity contribution in [2.75, 3.05) is 17.3 Å². The molecule has 2 heterocycles. The minimum Gasteiger partial charge on any atom is -0.456 e. The van der Waals surface area contributed by atoms with E-state index in [9.17, 15) is 4.79 Å². The van der Waals surface area contributed by atoms with Gasteiger partial charge in [-0.15, -0.1) is 0 Å². The maximum absolute atomic E-state index is 13.1. The van der Waals surface area contributed by atoms with E-state index in [1.54, 1.807) is 0 Å². The van der Waals surface area contributed by atoms with Crippen LogP contribution in [0, 0.1) is 6.92 Å². The summed E-state index contributed by atoms with van der Waals surface area (Å²) in [6, 6.07) is 28.8. The van der Waals surface area contributed by atoms with Crippen LogP contribution in [0.4, 0.5) is 17.1 Å². The van der Waals surface area contributed by atoms with Crippen molar-refractivity contribution < 1.29 is 14.3 Å². The number of aryl methyl sites for hydroxylation is 1. The number of anilines is 3. The van der Waals surface area contributed by atoms with Crippen LogP contribution in [0.5, 0.6) is 11.5 Å². The third-order valence-electron chi connectivity index (χ3n) is 8.65. The van der Waals surface area contributed by atoms with E-state index in [0.717, 1.165) is 28.1 Å². The predicted octanol–water partition coefficient (Wildman–Crippen LogP) is 8.08. The van der Waals surface area contributed by atoms with E-state index in [1.807, 2.05) is 60.7 Å². The number of carbonyl (C=O) groups excluding carboxylic acids is 1. The smallest absolute Gasteiger partial charge is 0.340 e. The molecule has 1 atom stereocenters. The van der Waals surface area contributed by atoms with Crippen molar-refractivity contribution in [2.24, 2.45) is 0 Å². The van der Waals surface area contributed by atoms with Crippen LogP contribution in [0.1, 0.15) is 64.7 Å². The van der Waals surface area contributed by atoms with E-state index < -0.39 is 5.60 Å². The van der Waals surface area contributed by atoms with E-state index in [-0.39, 0.29) is 5.97 Å². The Hall–Kier alpha value is -4.25. The summed E-state index contributed by atoms with van der Waals surface area (Å²) in [5, 5.41) is 3.66. The van der Waals surface area contributed by atoms with Crippen molar-refractivity contribution >= 4 is 23.0 Å². The lowest BCUT2D eigenvalue weighted by Gasteiger charge is -2.36. The van der Waals surface area contributed by atoms with E-state index in [1.165, 1.54) is 43.4 Å². The second kappa shape index (κ2) is 9.19. The van der Waals surface area contributed by atoms with Crippen LogP contribution in [-0.4, -0.2) is 19.1 Å². The van der Waals surface area contributed by atoms with Gasteiger partial charge in [-0.2, -0.15) is 0 Å². The first-order valence-electron chi connectivity index (χ1n) is 13.9. The van der Waals surface area contributed by atoms with E-state index in [2.05, 4.69) is 48.5 Å². The molecule has 39 heavy (non-hydrogen) atoms. The summed E-state index contributed by atoms with van der Waals surface area (Å²) < 4.78 is 12.6. The van der Waals surface area contributed by atoms with Gasteiger partial charge in [-0.1, -0.05) is 61.7 Å². The monoisotopic (exact) mass is 516 g/mol. The first-order chi connectivity index (χ1) is 19.0. The lowest BCUT2D eigenvalue weighted by molar-refractivity contribution is 0.0224. The van der Waals surface area contributed by atoms with E-state index >= 15 is 0 Å². The molecule has 0 bridgehead atoms. The predicted molar refractivity (Wildman–Crippen MR) is 154 cm³/mol. The second-order valence-electron chi connectivity index (χ2n) is 11.0. The summed E-state index contributed by atoms with van der Waals surface area (Å²) in [5.74, 6) is 1.07. The number of benzene rings is 4. The minimum atomic E-state index is -1.06. The molecule has 0 aromatic heterocycles. The summed E-state index contributed by atoms with van der Waals surface area (Å²) >= 11 is 0. The molecule has 0 saturated heterocycles. The number of ether oxygens (including phenoxy) is 2. The molecule has 7 rings (SSSR count).